The van der Waals surface area contributed by atoms with Crippen molar-refractivity contribution < 1.29 is 38.3 Å². The number of likely N-dealkylation sites (tertiary alicyclic amines) is 1. The molecule has 6 atom stereocenters. The highest BCUT2D eigenvalue weighted by molar-refractivity contribution is 6.37. The number of imide groups is 1. The summed E-state index contributed by atoms with van der Waals surface area (Å²) >= 11 is 0. The highest BCUT2D eigenvalue weighted by Gasteiger charge is 2.70. The van der Waals surface area contributed by atoms with Crippen LogP contribution in [0, 0.1) is 34.5 Å². The summed E-state index contributed by atoms with van der Waals surface area (Å²) in [6.07, 6.45) is 3.43. The zero-order chi connectivity index (χ0) is 38.8. The van der Waals surface area contributed by atoms with Crippen LogP contribution in [0.25, 0.3) is 0 Å². The van der Waals surface area contributed by atoms with E-state index in [9.17, 15) is 33.6 Å². The Balaban J connectivity index is 1.34. The molecule has 7 N–H and O–H groups in total. The number of carbonyl (C=O) groups excluding carboxylic acids is 7. The Kier molecular flexibility index (Phi) is 11.7. The summed E-state index contributed by atoms with van der Waals surface area (Å²) in [5, 5.41) is 13.1. The fourth-order valence-electron chi connectivity index (χ4n) is 8.26. The number of piperidine rings is 1. The average Bonchev–Trinajstić information content (AvgIpc) is 3.41. The summed E-state index contributed by atoms with van der Waals surface area (Å²) in [4.78, 5) is 93.6. The maximum absolute atomic E-state index is 14.7. The topological polar surface area (TPSA) is 218 Å². The maximum atomic E-state index is 14.7. The SMILES string of the molecule is CCNC(=O)OC[C@@H](NC(=O)NC(=O)N[C@H](C(=O)N1C[C@H]2[C@@H]([C@H]1C(=O)NC(CC1CCC1)C(=O)C(N)=O)C2(C)C)C1Cc2ccccc2C1)C(C)(C)C. The van der Waals surface area contributed by atoms with Gasteiger partial charge < -0.3 is 36.6 Å². The van der Waals surface area contributed by atoms with Crippen molar-refractivity contribution in [3.8, 4) is 0 Å². The van der Waals surface area contributed by atoms with Gasteiger partial charge in [-0.25, -0.2) is 14.4 Å². The van der Waals surface area contributed by atoms with Crippen LogP contribution in [0.1, 0.15) is 78.4 Å². The standard InChI is InChI=1S/C38H55N7O8/c1-7-40-36(52)53-19-26(37(2,3)4)42-34(50)44-35(51)43-28(23-16-21-13-8-9-14-22(21)17-23)33(49)45-18-24-27(38(24,5)6)29(45)32(48)41-25(30(46)31(39)47)15-20-11-10-12-20/h8-9,13-14,20,23-29H,7,10-12,15-19H2,1-6H3,(H2,39,47)(H,40,52)(H,41,48)(H3,42,43,44,50,51)/t24-,25?,26+,27-,28-,29-/m0/s1. The summed E-state index contributed by atoms with van der Waals surface area (Å²) in [7, 11) is 0. The van der Waals surface area contributed by atoms with Crippen LogP contribution in [0.5, 0.6) is 0 Å². The van der Waals surface area contributed by atoms with E-state index in [0.29, 0.717) is 25.8 Å². The third-order valence-electron chi connectivity index (χ3n) is 11.8. The molecular formula is C38H55N7O8. The van der Waals surface area contributed by atoms with Crippen molar-refractivity contribution in [1.82, 2.24) is 31.5 Å². The minimum atomic E-state index is -1.12. The van der Waals surface area contributed by atoms with E-state index in [4.69, 9.17) is 10.5 Å². The van der Waals surface area contributed by atoms with Gasteiger partial charge in [0, 0.05) is 13.1 Å². The number of alkyl carbamates (subject to hydrolysis) is 1. The molecule has 1 aromatic rings. The second-order valence-corrected chi connectivity index (χ2v) is 16.7. The van der Waals surface area contributed by atoms with Gasteiger partial charge in [0.15, 0.2) is 0 Å². The Morgan fingerprint density at radius 2 is 1.58 bits per heavy atom. The van der Waals surface area contributed by atoms with Gasteiger partial charge in [-0.3, -0.25) is 24.5 Å². The molecule has 4 aliphatic rings. The Morgan fingerprint density at radius 1 is 0.962 bits per heavy atom. The number of nitrogens with zero attached hydrogens (tertiary/aromatic N) is 1. The highest BCUT2D eigenvalue weighted by atomic mass is 16.5. The van der Waals surface area contributed by atoms with Gasteiger partial charge in [-0.15, -0.1) is 0 Å². The summed E-state index contributed by atoms with van der Waals surface area (Å²) in [6, 6.07) is 2.22. The van der Waals surface area contributed by atoms with Gasteiger partial charge in [0.2, 0.25) is 17.6 Å². The Morgan fingerprint density at radius 3 is 2.13 bits per heavy atom. The lowest BCUT2D eigenvalue weighted by atomic mass is 9.80. The predicted molar refractivity (Wildman–Crippen MR) is 194 cm³/mol. The molecule has 0 bridgehead atoms. The van der Waals surface area contributed by atoms with Crippen molar-refractivity contribution in [3.05, 3.63) is 35.4 Å². The average molecular weight is 738 g/mol. The van der Waals surface area contributed by atoms with Gasteiger partial charge in [-0.2, -0.15) is 0 Å². The Hall–Kier alpha value is -4.69. The first-order valence-corrected chi connectivity index (χ1v) is 18.7. The third-order valence-corrected chi connectivity index (χ3v) is 11.8. The van der Waals surface area contributed by atoms with Crippen LogP contribution < -0.4 is 32.3 Å². The molecule has 1 aromatic carbocycles. The minimum Gasteiger partial charge on any atom is -0.447 e. The number of fused-ring (bicyclic) bond motifs is 2. The summed E-state index contributed by atoms with van der Waals surface area (Å²) in [5.41, 5.74) is 6.65. The van der Waals surface area contributed by atoms with Gasteiger partial charge in [0.05, 0.1) is 12.1 Å². The van der Waals surface area contributed by atoms with Gasteiger partial charge in [0.1, 0.15) is 18.7 Å². The number of nitrogens with two attached hydrogens (primary N) is 1. The number of rotatable bonds is 13. The molecule has 1 heterocycles. The number of hydrogen-bond donors (Lipinski definition) is 6. The van der Waals surface area contributed by atoms with E-state index in [2.05, 4.69) is 26.6 Å². The fourth-order valence-corrected chi connectivity index (χ4v) is 8.26. The number of primary amides is 1. The van der Waals surface area contributed by atoms with Crippen molar-refractivity contribution in [2.45, 2.75) is 104 Å². The van der Waals surface area contributed by atoms with E-state index in [1.807, 2.05) is 58.9 Å². The molecule has 0 spiro atoms. The number of urea groups is 2. The lowest BCUT2D eigenvalue weighted by Crippen LogP contribution is -2.61. The van der Waals surface area contributed by atoms with E-state index < -0.39 is 71.2 Å². The van der Waals surface area contributed by atoms with Gasteiger partial charge in [-0.05, 0) is 71.8 Å². The van der Waals surface area contributed by atoms with E-state index >= 15 is 0 Å². The van der Waals surface area contributed by atoms with E-state index in [-0.39, 0.29) is 42.2 Å². The molecule has 15 nitrogen and oxygen atoms in total. The molecule has 5 rings (SSSR count). The smallest absolute Gasteiger partial charge is 0.407 e. The molecule has 0 radical (unpaired) electrons. The summed E-state index contributed by atoms with van der Waals surface area (Å²) in [6.45, 7) is 11.9. The second-order valence-electron chi connectivity index (χ2n) is 16.7. The molecule has 3 aliphatic carbocycles. The van der Waals surface area contributed by atoms with Gasteiger partial charge in [0.25, 0.3) is 5.91 Å². The zero-order valence-corrected chi connectivity index (χ0v) is 31.6. The molecular weight excluding hydrogens is 682 g/mol. The molecule has 8 amide bonds. The molecule has 1 saturated heterocycles. The van der Waals surface area contributed by atoms with Crippen LogP contribution in [-0.2, 0) is 36.8 Å². The van der Waals surface area contributed by atoms with Crippen molar-refractivity contribution in [2.75, 3.05) is 19.7 Å². The molecule has 0 aromatic heterocycles. The van der Waals surface area contributed by atoms with Crippen LogP contribution in [0.2, 0.25) is 0 Å². The summed E-state index contributed by atoms with van der Waals surface area (Å²) in [5.74, 6) is -3.37. The van der Waals surface area contributed by atoms with E-state index in [0.717, 1.165) is 30.4 Å². The third kappa shape index (κ3) is 8.93. The molecule has 2 saturated carbocycles. The van der Waals surface area contributed by atoms with Crippen LogP contribution in [0.4, 0.5) is 14.4 Å². The number of amides is 8. The molecule has 53 heavy (non-hydrogen) atoms. The number of carbonyl (C=O) groups is 7. The number of ketones is 1. The van der Waals surface area contributed by atoms with Crippen LogP contribution in [-0.4, -0.2) is 90.4 Å². The van der Waals surface area contributed by atoms with Crippen molar-refractivity contribution in [3.63, 3.8) is 0 Å². The lowest BCUT2D eigenvalue weighted by Gasteiger charge is -2.36. The normalized spacial score (nSPS) is 23.2. The van der Waals surface area contributed by atoms with Gasteiger partial charge >= 0.3 is 18.2 Å². The second kappa shape index (κ2) is 15.7. The quantitative estimate of drug-likeness (QED) is 0.165. The van der Waals surface area contributed by atoms with Crippen LogP contribution >= 0.6 is 0 Å². The van der Waals surface area contributed by atoms with Crippen molar-refractivity contribution in [1.29, 1.82) is 0 Å². The maximum Gasteiger partial charge on any atom is 0.407 e. The minimum absolute atomic E-state index is 0.0103. The zero-order valence-electron chi connectivity index (χ0n) is 31.6. The van der Waals surface area contributed by atoms with Crippen molar-refractivity contribution in [2.24, 2.45) is 40.2 Å². The highest BCUT2D eigenvalue weighted by Crippen LogP contribution is 2.65. The number of benzene rings is 1. The van der Waals surface area contributed by atoms with E-state index in [1.165, 1.54) is 4.90 Å². The van der Waals surface area contributed by atoms with E-state index in [1.54, 1.807) is 6.92 Å². The largest absolute Gasteiger partial charge is 0.447 e. The Bertz CT molecular complexity index is 1590. The molecule has 1 aliphatic heterocycles. The monoisotopic (exact) mass is 737 g/mol. The number of nitrogens with one attached hydrogen (secondary N) is 5. The molecule has 1 unspecified atom stereocenters. The van der Waals surface area contributed by atoms with Crippen molar-refractivity contribution >= 4 is 41.7 Å². The van der Waals surface area contributed by atoms with Crippen LogP contribution in [0.3, 0.4) is 0 Å². The van der Waals surface area contributed by atoms with Gasteiger partial charge in [-0.1, -0.05) is 78.1 Å². The molecule has 15 heteroatoms. The number of hydrogen-bond acceptors (Lipinski definition) is 8. The number of Topliss-reactive ketones (excluding diaryl/α,β-unsaturated/α-hetero) is 1. The summed E-state index contributed by atoms with van der Waals surface area (Å²) < 4.78 is 5.24. The fraction of sp³-hybridized carbons (Fsp3) is 0.658. The first-order valence-electron chi connectivity index (χ1n) is 18.7. The molecule has 3 fully saturated rings. The molecule has 290 valence electrons. The lowest BCUT2D eigenvalue weighted by molar-refractivity contribution is -0.144. The first-order chi connectivity index (χ1) is 24.9. The first kappa shape index (κ1) is 39.5. The number of ether oxygens (including phenoxy) is 1. The Labute approximate surface area is 310 Å². The van der Waals surface area contributed by atoms with Crippen LogP contribution in [0.15, 0.2) is 24.3 Å². The predicted octanol–water partition coefficient (Wildman–Crippen LogP) is 2.15.